The van der Waals surface area contributed by atoms with Crippen LogP contribution in [0.2, 0.25) is 5.02 Å². The van der Waals surface area contributed by atoms with E-state index in [0.29, 0.717) is 17.4 Å². The summed E-state index contributed by atoms with van der Waals surface area (Å²) >= 11 is 6.01. The fourth-order valence-electron chi connectivity index (χ4n) is 2.01. The number of carboxylic acid groups (broad SMARTS) is 1. The van der Waals surface area contributed by atoms with Gasteiger partial charge in [0.1, 0.15) is 0 Å². The molecule has 0 spiro atoms. The smallest absolute Gasteiger partial charge is 0.303 e. The summed E-state index contributed by atoms with van der Waals surface area (Å²) in [6, 6.07) is 5.51. The highest BCUT2D eigenvalue weighted by Gasteiger charge is 2.15. The van der Waals surface area contributed by atoms with Gasteiger partial charge in [0.25, 0.3) is 0 Å². The van der Waals surface area contributed by atoms with E-state index in [9.17, 15) is 4.79 Å². The zero-order valence-corrected chi connectivity index (χ0v) is 12.0. The van der Waals surface area contributed by atoms with Crippen molar-refractivity contribution in [2.24, 2.45) is 5.92 Å². The van der Waals surface area contributed by atoms with Crippen molar-refractivity contribution in [1.29, 1.82) is 0 Å². The molecular formula is C13H15ClN4O2. The van der Waals surface area contributed by atoms with E-state index in [4.69, 9.17) is 16.7 Å². The Balaban J connectivity index is 2.28. The Bertz CT molecular complexity index is 627. The Hall–Kier alpha value is -1.95. The van der Waals surface area contributed by atoms with Gasteiger partial charge < -0.3 is 5.11 Å². The van der Waals surface area contributed by atoms with E-state index in [1.165, 1.54) is 0 Å². The van der Waals surface area contributed by atoms with Crippen molar-refractivity contribution in [1.82, 2.24) is 20.2 Å². The molecule has 0 fully saturated rings. The molecule has 1 unspecified atom stereocenters. The maximum Gasteiger partial charge on any atom is 0.303 e. The quantitative estimate of drug-likeness (QED) is 0.916. The van der Waals surface area contributed by atoms with E-state index in [1.54, 1.807) is 10.7 Å². The van der Waals surface area contributed by atoms with Crippen LogP contribution in [-0.4, -0.2) is 31.3 Å². The molecule has 0 saturated heterocycles. The van der Waals surface area contributed by atoms with Crippen LogP contribution in [0.3, 0.4) is 0 Å². The molecule has 20 heavy (non-hydrogen) atoms. The van der Waals surface area contributed by atoms with Crippen LogP contribution in [0, 0.1) is 12.8 Å². The van der Waals surface area contributed by atoms with Gasteiger partial charge in [0.2, 0.25) is 0 Å². The first-order valence-electron chi connectivity index (χ1n) is 6.22. The second-order valence-corrected chi connectivity index (χ2v) is 5.28. The van der Waals surface area contributed by atoms with Gasteiger partial charge in [-0.25, -0.2) is 4.68 Å². The fourth-order valence-corrected chi connectivity index (χ4v) is 2.19. The summed E-state index contributed by atoms with van der Waals surface area (Å²) in [5.41, 5.74) is 1.86. The molecule has 1 N–H and O–H groups in total. The van der Waals surface area contributed by atoms with Gasteiger partial charge in [0, 0.05) is 23.6 Å². The van der Waals surface area contributed by atoms with Gasteiger partial charge in [-0.05, 0) is 41.0 Å². The van der Waals surface area contributed by atoms with E-state index < -0.39 is 5.97 Å². The van der Waals surface area contributed by atoms with Crippen molar-refractivity contribution in [2.75, 3.05) is 0 Å². The molecule has 1 aromatic carbocycles. The molecule has 0 aliphatic carbocycles. The predicted octanol–water partition coefficient (Wildman–Crippen LogP) is 2.41. The number of aliphatic carboxylic acids is 1. The van der Waals surface area contributed by atoms with Crippen molar-refractivity contribution in [2.45, 2.75) is 26.8 Å². The fraction of sp³-hybridized carbons (Fsp3) is 0.385. The number of aryl methyl sites for hydroxylation is 1. The number of benzene rings is 1. The van der Waals surface area contributed by atoms with E-state index in [-0.39, 0.29) is 12.3 Å². The first kappa shape index (κ1) is 14.5. The third-order valence-electron chi connectivity index (χ3n) is 2.98. The van der Waals surface area contributed by atoms with Crippen LogP contribution in [0.5, 0.6) is 0 Å². The number of halogens is 1. The molecule has 0 bridgehead atoms. The minimum atomic E-state index is -0.828. The van der Waals surface area contributed by atoms with Crippen molar-refractivity contribution in [3.63, 3.8) is 0 Å². The average Bonchev–Trinajstić information content (AvgIpc) is 2.79. The lowest BCUT2D eigenvalue weighted by Gasteiger charge is -2.11. The van der Waals surface area contributed by atoms with Gasteiger partial charge >= 0.3 is 5.97 Å². The summed E-state index contributed by atoms with van der Waals surface area (Å²) < 4.78 is 1.62. The van der Waals surface area contributed by atoms with E-state index >= 15 is 0 Å². The number of hydrogen-bond donors (Lipinski definition) is 1. The molecule has 0 aliphatic rings. The minimum Gasteiger partial charge on any atom is -0.481 e. The van der Waals surface area contributed by atoms with Crippen LogP contribution in [0.25, 0.3) is 11.4 Å². The molecular weight excluding hydrogens is 280 g/mol. The van der Waals surface area contributed by atoms with Gasteiger partial charge in [0.15, 0.2) is 5.82 Å². The van der Waals surface area contributed by atoms with Crippen LogP contribution in [0.1, 0.15) is 18.9 Å². The summed E-state index contributed by atoms with van der Waals surface area (Å²) in [6.45, 7) is 4.25. The highest BCUT2D eigenvalue weighted by atomic mass is 35.5. The SMILES string of the molecule is Cc1ccc(Cl)cc1-c1nnnn1CC(C)CC(=O)O. The molecule has 0 amide bonds. The van der Waals surface area contributed by atoms with Gasteiger partial charge in [-0.3, -0.25) is 4.79 Å². The summed E-state index contributed by atoms with van der Waals surface area (Å²) in [6.07, 6.45) is 0.0772. The highest BCUT2D eigenvalue weighted by Crippen LogP contribution is 2.25. The average molecular weight is 295 g/mol. The van der Waals surface area contributed by atoms with Crippen LogP contribution < -0.4 is 0 Å². The van der Waals surface area contributed by atoms with Crippen LogP contribution in [0.4, 0.5) is 0 Å². The maximum atomic E-state index is 10.7. The molecule has 7 heteroatoms. The van der Waals surface area contributed by atoms with Crippen molar-refractivity contribution < 1.29 is 9.90 Å². The number of carbonyl (C=O) groups is 1. The monoisotopic (exact) mass is 294 g/mol. The molecule has 1 aromatic heterocycles. The third kappa shape index (κ3) is 3.33. The zero-order valence-electron chi connectivity index (χ0n) is 11.2. The van der Waals surface area contributed by atoms with Crippen molar-refractivity contribution in [3.05, 3.63) is 28.8 Å². The van der Waals surface area contributed by atoms with Gasteiger partial charge in [0.05, 0.1) is 0 Å². The lowest BCUT2D eigenvalue weighted by Crippen LogP contribution is -2.14. The number of rotatable bonds is 5. The number of aromatic nitrogens is 4. The number of carboxylic acids is 1. The summed E-state index contributed by atoms with van der Waals surface area (Å²) in [5, 5.41) is 21.0. The third-order valence-corrected chi connectivity index (χ3v) is 3.22. The van der Waals surface area contributed by atoms with E-state index in [0.717, 1.165) is 11.1 Å². The number of nitrogens with zero attached hydrogens (tertiary/aromatic N) is 4. The molecule has 0 radical (unpaired) electrons. The van der Waals surface area contributed by atoms with Gasteiger partial charge in [-0.1, -0.05) is 24.6 Å². The molecule has 106 valence electrons. The Morgan fingerprint density at radius 3 is 2.95 bits per heavy atom. The summed E-state index contributed by atoms with van der Waals surface area (Å²) in [7, 11) is 0. The molecule has 2 rings (SSSR count). The maximum absolute atomic E-state index is 10.7. The normalized spacial score (nSPS) is 12.3. The number of hydrogen-bond acceptors (Lipinski definition) is 4. The van der Waals surface area contributed by atoms with Crippen LogP contribution in [0.15, 0.2) is 18.2 Å². The Kier molecular flexibility index (Phi) is 4.34. The topological polar surface area (TPSA) is 80.9 Å². The second kappa shape index (κ2) is 6.00. The molecule has 2 aromatic rings. The Morgan fingerprint density at radius 2 is 2.25 bits per heavy atom. The first-order valence-corrected chi connectivity index (χ1v) is 6.59. The zero-order chi connectivity index (χ0) is 14.7. The second-order valence-electron chi connectivity index (χ2n) is 4.85. The predicted molar refractivity (Wildman–Crippen MR) is 74.4 cm³/mol. The molecule has 0 aliphatic heterocycles. The van der Waals surface area contributed by atoms with Crippen molar-refractivity contribution in [3.8, 4) is 11.4 Å². The lowest BCUT2D eigenvalue weighted by atomic mass is 10.1. The van der Waals surface area contributed by atoms with Gasteiger partial charge in [-0.15, -0.1) is 5.10 Å². The van der Waals surface area contributed by atoms with Crippen molar-refractivity contribution >= 4 is 17.6 Å². The molecule has 6 nitrogen and oxygen atoms in total. The highest BCUT2D eigenvalue weighted by molar-refractivity contribution is 6.30. The molecule has 1 heterocycles. The molecule has 1 atom stereocenters. The van der Waals surface area contributed by atoms with E-state index in [1.807, 2.05) is 26.0 Å². The number of tetrazole rings is 1. The largest absolute Gasteiger partial charge is 0.481 e. The van der Waals surface area contributed by atoms with Crippen LogP contribution >= 0.6 is 11.6 Å². The Morgan fingerprint density at radius 1 is 1.50 bits per heavy atom. The minimum absolute atomic E-state index is 0.0609. The standard InChI is InChI=1S/C13H15ClN4O2/c1-8(5-12(19)20)7-18-13(15-16-17-18)11-6-10(14)4-3-9(11)2/h3-4,6,8H,5,7H2,1-2H3,(H,19,20). The molecule has 0 saturated carbocycles. The Labute approximate surface area is 121 Å². The van der Waals surface area contributed by atoms with E-state index in [2.05, 4.69) is 15.5 Å². The summed E-state index contributed by atoms with van der Waals surface area (Å²) in [4.78, 5) is 10.7. The van der Waals surface area contributed by atoms with Gasteiger partial charge in [-0.2, -0.15) is 0 Å². The van der Waals surface area contributed by atoms with Crippen LogP contribution in [-0.2, 0) is 11.3 Å². The first-order chi connectivity index (χ1) is 9.47. The lowest BCUT2D eigenvalue weighted by molar-refractivity contribution is -0.138. The summed E-state index contributed by atoms with van der Waals surface area (Å²) in [5.74, 6) is -0.289.